The van der Waals surface area contributed by atoms with E-state index in [0.717, 1.165) is 27.0 Å². The molecule has 3 nitrogen and oxygen atoms in total. The number of ether oxygens (including phenoxy) is 1. The fourth-order valence-corrected chi connectivity index (χ4v) is 1.86. The van der Waals surface area contributed by atoms with Crippen LogP contribution < -0.4 is 4.74 Å². The first kappa shape index (κ1) is 11.1. The number of methoxy groups -OCH3 is 1. The Balaban J connectivity index is 2.55. The summed E-state index contributed by atoms with van der Waals surface area (Å²) in [6.45, 7) is 1.92. The van der Waals surface area contributed by atoms with Crippen molar-refractivity contribution in [3.8, 4) is 16.9 Å². The van der Waals surface area contributed by atoms with Crippen LogP contribution in [0.4, 0.5) is 0 Å². The summed E-state index contributed by atoms with van der Waals surface area (Å²) in [5.74, 6) is 0.821. The van der Waals surface area contributed by atoms with Gasteiger partial charge in [-0.15, -0.1) is 0 Å². The molecule has 1 aromatic carbocycles. The predicted octanol–water partition coefficient (Wildman–Crippen LogP) is 3.22. The van der Waals surface area contributed by atoms with Crippen LogP contribution in [-0.4, -0.2) is 17.3 Å². The highest BCUT2D eigenvalue weighted by Gasteiger charge is 2.07. The first-order valence-corrected chi connectivity index (χ1v) is 5.63. The monoisotopic (exact) mass is 278 g/mol. The van der Waals surface area contributed by atoms with Crippen molar-refractivity contribution in [3.05, 3.63) is 40.6 Å². The van der Waals surface area contributed by atoms with E-state index < -0.39 is 0 Å². The van der Waals surface area contributed by atoms with E-state index in [1.165, 1.54) is 0 Å². The molecular formula is C12H11BrN2O. The Bertz CT molecular complexity index is 514. The van der Waals surface area contributed by atoms with Crippen LogP contribution >= 0.6 is 15.9 Å². The number of halogens is 1. The molecule has 0 N–H and O–H groups in total. The van der Waals surface area contributed by atoms with Gasteiger partial charge in [-0.1, -0.05) is 15.9 Å². The summed E-state index contributed by atoms with van der Waals surface area (Å²) in [6, 6.07) is 7.90. The zero-order chi connectivity index (χ0) is 11.5. The highest BCUT2D eigenvalue weighted by Crippen LogP contribution is 2.31. The minimum absolute atomic E-state index is 0.821. The topological polar surface area (TPSA) is 35.0 Å². The fraction of sp³-hybridized carbons (Fsp3) is 0.167. The van der Waals surface area contributed by atoms with E-state index in [9.17, 15) is 0 Å². The largest absolute Gasteiger partial charge is 0.496 e. The third kappa shape index (κ3) is 2.22. The molecule has 0 amide bonds. The molecule has 0 radical (unpaired) electrons. The minimum Gasteiger partial charge on any atom is -0.496 e. The molecule has 0 aliphatic rings. The predicted molar refractivity (Wildman–Crippen MR) is 66.5 cm³/mol. The van der Waals surface area contributed by atoms with Crippen molar-refractivity contribution in [1.82, 2.24) is 10.2 Å². The van der Waals surface area contributed by atoms with Gasteiger partial charge >= 0.3 is 0 Å². The fourth-order valence-electron chi connectivity index (χ4n) is 1.52. The minimum atomic E-state index is 0.821. The van der Waals surface area contributed by atoms with Gasteiger partial charge in [0.2, 0.25) is 0 Å². The summed E-state index contributed by atoms with van der Waals surface area (Å²) < 4.78 is 6.33. The zero-order valence-corrected chi connectivity index (χ0v) is 10.7. The SMILES string of the molecule is COc1cc(Br)ccc1-c1cnnc(C)c1. The average Bonchev–Trinajstić information content (AvgIpc) is 2.28. The molecule has 16 heavy (non-hydrogen) atoms. The third-order valence-corrected chi connectivity index (χ3v) is 2.74. The molecule has 0 saturated heterocycles. The smallest absolute Gasteiger partial charge is 0.127 e. The zero-order valence-electron chi connectivity index (χ0n) is 9.07. The molecule has 0 spiro atoms. The second kappa shape index (κ2) is 4.61. The van der Waals surface area contributed by atoms with Crippen molar-refractivity contribution in [2.24, 2.45) is 0 Å². The summed E-state index contributed by atoms with van der Waals surface area (Å²) in [4.78, 5) is 0. The lowest BCUT2D eigenvalue weighted by Crippen LogP contribution is -1.91. The molecule has 1 aromatic heterocycles. The Morgan fingerprint density at radius 3 is 2.75 bits per heavy atom. The molecule has 2 aromatic rings. The second-order valence-electron chi connectivity index (χ2n) is 3.43. The molecular weight excluding hydrogens is 268 g/mol. The molecule has 0 atom stereocenters. The van der Waals surface area contributed by atoms with Gasteiger partial charge in [-0.3, -0.25) is 0 Å². The van der Waals surface area contributed by atoms with Crippen molar-refractivity contribution < 1.29 is 4.74 Å². The lowest BCUT2D eigenvalue weighted by atomic mass is 10.1. The Labute approximate surface area is 103 Å². The molecule has 1 heterocycles. The first-order valence-electron chi connectivity index (χ1n) is 4.84. The van der Waals surface area contributed by atoms with E-state index in [1.807, 2.05) is 31.2 Å². The summed E-state index contributed by atoms with van der Waals surface area (Å²) >= 11 is 3.42. The summed E-state index contributed by atoms with van der Waals surface area (Å²) in [6.07, 6.45) is 1.73. The Hall–Kier alpha value is -1.42. The second-order valence-corrected chi connectivity index (χ2v) is 4.35. The van der Waals surface area contributed by atoms with Gasteiger partial charge < -0.3 is 4.74 Å². The first-order chi connectivity index (χ1) is 7.70. The number of aryl methyl sites for hydroxylation is 1. The van der Waals surface area contributed by atoms with Gasteiger partial charge in [0, 0.05) is 15.6 Å². The third-order valence-electron chi connectivity index (χ3n) is 2.25. The normalized spacial score (nSPS) is 10.2. The molecule has 0 aliphatic carbocycles. The van der Waals surface area contributed by atoms with Crippen molar-refractivity contribution in [2.45, 2.75) is 6.92 Å². The molecule has 0 bridgehead atoms. The lowest BCUT2D eigenvalue weighted by Gasteiger charge is -2.08. The number of nitrogens with zero attached hydrogens (tertiary/aromatic N) is 2. The standard InChI is InChI=1S/C12H11BrN2O/c1-8-5-9(7-14-15-8)11-4-3-10(13)6-12(11)16-2/h3-7H,1-2H3. The molecule has 4 heteroatoms. The molecule has 0 saturated carbocycles. The summed E-state index contributed by atoms with van der Waals surface area (Å²) in [5, 5.41) is 7.88. The Morgan fingerprint density at radius 2 is 2.06 bits per heavy atom. The molecule has 0 unspecified atom stereocenters. The number of hydrogen-bond acceptors (Lipinski definition) is 3. The highest BCUT2D eigenvalue weighted by molar-refractivity contribution is 9.10. The molecule has 0 aliphatic heterocycles. The number of aromatic nitrogens is 2. The molecule has 82 valence electrons. The van der Waals surface area contributed by atoms with Crippen molar-refractivity contribution in [1.29, 1.82) is 0 Å². The molecule has 2 rings (SSSR count). The quantitative estimate of drug-likeness (QED) is 0.846. The summed E-state index contributed by atoms with van der Waals surface area (Å²) in [5.41, 5.74) is 2.92. The van der Waals surface area contributed by atoms with Crippen LogP contribution in [0.15, 0.2) is 34.9 Å². The van der Waals surface area contributed by atoms with Gasteiger partial charge in [0.05, 0.1) is 19.0 Å². The van der Waals surface area contributed by atoms with Gasteiger partial charge in [-0.25, -0.2) is 0 Å². The van der Waals surface area contributed by atoms with E-state index in [2.05, 4.69) is 26.1 Å². The molecule has 0 fully saturated rings. The van der Waals surface area contributed by atoms with E-state index in [1.54, 1.807) is 13.3 Å². The van der Waals surface area contributed by atoms with Crippen LogP contribution in [0.3, 0.4) is 0 Å². The highest BCUT2D eigenvalue weighted by atomic mass is 79.9. The summed E-state index contributed by atoms with van der Waals surface area (Å²) in [7, 11) is 1.66. The van der Waals surface area contributed by atoms with Crippen LogP contribution in [0.5, 0.6) is 5.75 Å². The van der Waals surface area contributed by atoms with E-state index in [4.69, 9.17) is 4.74 Å². The van der Waals surface area contributed by atoms with E-state index >= 15 is 0 Å². The maximum absolute atomic E-state index is 5.34. The van der Waals surface area contributed by atoms with Crippen LogP contribution in [0.25, 0.3) is 11.1 Å². The van der Waals surface area contributed by atoms with Gasteiger partial charge in [0.15, 0.2) is 0 Å². The van der Waals surface area contributed by atoms with Crippen LogP contribution in [-0.2, 0) is 0 Å². The van der Waals surface area contributed by atoms with Gasteiger partial charge in [-0.2, -0.15) is 10.2 Å². The Kier molecular flexibility index (Phi) is 3.19. The van der Waals surface area contributed by atoms with Gasteiger partial charge in [0.1, 0.15) is 5.75 Å². The van der Waals surface area contributed by atoms with Gasteiger partial charge in [-0.05, 0) is 31.2 Å². The van der Waals surface area contributed by atoms with Gasteiger partial charge in [0.25, 0.3) is 0 Å². The van der Waals surface area contributed by atoms with E-state index in [-0.39, 0.29) is 0 Å². The average molecular weight is 279 g/mol. The van der Waals surface area contributed by atoms with Crippen LogP contribution in [0.2, 0.25) is 0 Å². The van der Waals surface area contributed by atoms with Crippen molar-refractivity contribution in [2.75, 3.05) is 7.11 Å². The number of benzene rings is 1. The lowest BCUT2D eigenvalue weighted by molar-refractivity contribution is 0.416. The van der Waals surface area contributed by atoms with Crippen molar-refractivity contribution >= 4 is 15.9 Å². The van der Waals surface area contributed by atoms with Crippen molar-refractivity contribution in [3.63, 3.8) is 0 Å². The Morgan fingerprint density at radius 1 is 1.25 bits per heavy atom. The van der Waals surface area contributed by atoms with E-state index in [0.29, 0.717) is 0 Å². The maximum atomic E-state index is 5.34. The number of rotatable bonds is 2. The van der Waals surface area contributed by atoms with Crippen LogP contribution in [0, 0.1) is 6.92 Å². The number of hydrogen-bond donors (Lipinski definition) is 0. The maximum Gasteiger partial charge on any atom is 0.127 e. The van der Waals surface area contributed by atoms with Crippen LogP contribution in [0.1, 0.15) is 5.69 Å².